The molecule has 1 amide bonds. The van der Waals surface area contributed by atoms with Crippen molar-refractivity contribution in [1.29, 1.82) is 0 Å². The van der Waals surface area contributed by atoms with Gasteiger partial charge in [0, 0.05) is 5.56 Å². The van der Waals surface area contributed by atoms with Gasteiger partial charge in [0.05, 0.1) is 11.6 Å². The lowest BCUT2D eigenvalue weighted by atomic mass is 10.1. The highest BCUT2D eigenvalue weighted by atomic mass is 35.5. The van der Waals surface area contributed by atoms with Crippen molar-refractivity contribution in [2.75, 3.05) is 6.61 Å². The minimum Gasteiger partial charge on any atom is -0.503 e. The lowest BCUT2D eigenvalue weighted by Gasteiger charge is -2.08. The number of rotatable bonds is 4. The maximum absolute atomic E-state index is 12.1. The molecule has 1 heterocycles. The fraction of sp³-hybridized carbons (Fsp3) is 0.111. The molecule has 0 aliphatic carbocycles. The van der Waals surface area contributed by atoms with Crippen molar-refractivity contribution >= 4 is 29.4 Å². The van der Waals surface area contributed by atoms with Crippen molar-refractivity contribution in [3.8, 4) is 11.5 Å². The summed E-state index contributed by atoms with van der Waals surface area (Å²) in [5, 5.41) is 12.8. The van der Waals surface area contributed by atoms with E-state index in [2.05, 4.69) is 10.3 Å². The molecule has 2 aromatic rings. The van der Waals surface area contributed by atoms with Gasteiger partial charge in [-0.1, -0.05) is 41.9 Å². The predicted octanol–water partition coefficient (Wildman–Crippen LogP) is 3.36. The van der Waals surface area contributed by atoms with Gasteiger partial charge in [-0.3, -0.25) is 4.79 Å². The summed E-state index contributed by atoms with van der Waals surface area (Å²) in [6, 6.07) is 12.5. The Morgan fingerprint density at radius 2 is 2.04 bits per heavy atom. The molecular formula is C18H15ClN2O3. The van der Waals surface area contributed by atoms with Crippen LogP contribution in [0.5, 0.6) is 11.5 Å². The third-order valence-electron chi connectivity index (χ3n) is 3.40. The Hall–Kier alpha value is -2.79. The Labute approximate surface area is 144 Å². The Morgan fingerprint density at radius 1 is 1.29 bits per heavy atom. The molecule has 0 bridgehead atoms. The van der Waals surface area contributed by atoms with E-state index in [0.29, 0.717) is 18.0 Å². The van der Waals surface area contributed by atoms with Gasteiger partial charge in [-0.25, -0.2) is 4.99 Å². The van der Waals surface area contributed by atoms with Crippen molar-refractivity contribution in [1.82, 2.24) is 5.32 Å². The van der Waals surface area contributed by atoms with Crippen LogP contribution in [0.15, 0.2) is 53.2 Å². The molecule has 0 atom stereocenters. The number of aromatic hydroxyl groups is 1. The second-order valence-corrected chi connectivity index (χ2v) is 5.50. The number of ether oxygens (including phenoxy) is 1. The second-order valence-electron chi connectivity index (χ2n) is 5.09. The smallest absolute Gasteiger partial charge is 0.275 e. The van der Waals surface area contributed by atoms with E-state index in [1.165, 1.54) is 0 Å². The minimum absolute atomic E-state index is 0.120. The highest BCUT2D eigenvalue weighted by Gasteiger charge is 2.21. The number of phenolic OH excluding ortho intramolecular Hbond substituents is 1. The number of carbonyl (C=O) groups excluding carboxylic acids is 1. The Morgan fingerprint density at radius 3 is 2.75 bits per heavy atom. The van der Waals surface area contributed by atoms with Crippen LogP contribution in [0, 0.1) is 0 Å². The number of carbonyl (C=O) groups is 1. The van der Waals surface area contributed by atoms with Gasteiger partial charge >= 0.3 is 0 Å². The summed E-state index contributed by atoms with van der Waals surface area (Å²) in [4.78, 5) is 16.5. The number of hydrogen-bond acceptors (Lipinski definition) is 4. The van der Waals surface area contributed by atoms with E-state index in [1.54, 1.807) is 25.1 Å². The third-order valence-corrected chi connectivity index (χ3v) is 3.69. The number of amidine groups is 1. The molecule has 2 N–H and O–H groups in total. The molecule has 0 spiro atoms. The average molecular weight is 343 g/mol. The van der Waals surface area contributed by atoms with Gasteiger partial charge < -0.3 is 15.2 Å². The molecule has 0 unspecified atom stereocenters. The molecule has 1 aliphatic rings. The maximum atomic E-state index is 12.1. The molecule has 6 heteroatoms. The average Bonchev–Trinajstić information content (AvgIpc) is 2.94. The number of benzene rings is 2. The quantitative estimate of drug-likeness (QED) is 0.837. The number of hydrogen-bond donors (Lipinski definition) is 2. The summed E-state index contributed by atoms with van der Waals surface area (Å²) in [6.45, 7) is 2.19. The van der Waals surface area contributed by atoms with Gasteiger partial charge in [0.15, 0.2) is 11.5 Å². The molecule has 0 saturated heterocycles. The number of halogens is 1. The van der Waals surface area contributed by atoms with Crippen LogP contribution < -0.4 is 10.1 Å². The largest absolute Gasteiger partial charge is 0.503 e. The minimum atomic E-state index is -0.295. The van der Waals surface area contributed by atoms with Crippen molar-refractivity contribution in [3.05, 3.63) is 64.3 Å². The molecular weight excluding hydrogens is 328 g/mol. The van der Waals surface area contributed by atoms with Crippen LogP contribution in [0.3, 0.4) is 0 Å². The zero-order valence-corrected chi connectivity index (χ0v) is 13.7. The first-order valence-electron chi connectivity index (χ1n) is 7.41. The Bertz CT molecular complexity index is 845. The van der Waals surface area contributed by atoms with E-state index in [4.69, 9.17) is 16.3 Å². The first kappa shape index (κ1) is 16.1. The number of nitrogens with zero attached hydrogens (tertiary/aromatic N) is 1. The number of aliphatic imine (C=N–C) groups is 1. The first-order chi connectivity index (χ1) is 11.6. The summed E-state index contributed by atoms with van der Waals surface area (Å²) in [5.41, 5.74) is 1.70. The lowest BCUT2D eigenvalue weighted by molar-refractivity contribution is -0.115. The summed E-state index contributed by atoms with van der Waals surface area (Å²) in [5.74, 6) is 0.352. The molecule has 1 aliphatic heterocycles. The van der Waals surface area contributed by atoms with Crippen LogP contribution in [0.2, 0.25) is 5.02 Å². The lowest BCUT2D eigenvalue weighted by Crippen LogP contribution is -2.24. The van der Waals surface area contributed by atoms with Crippen molar-refractivity contribution in [3.63, 3.8) is 0 Å². The predicted molar refractivity (Wildman–Crippen MR) is 93.4 cm³/mol. The summed E-state index contributed by atoms with van der Waals surface area (Å²) < 4.78 is 5.34. The van der Waals surface area contributed by atoms with Crippen LogP contribution in [0.1, 0.15) is 18.1 Å². The van der Waals surface area contributed by atoms with Gasteiger partial charge in [0.2, 0.25) is 0 Å². The molecule has 0 radical (unpaired) electrons. The molecule has 0 aromatic heterocycles. The fourth-order valence-electron chi connectivity index (χ4n) is 2.30. The van der Waals surface area contributed by atoms with Gasteiger partial charge in [0.1, 0.15) is 11.5 Å². The van der Waals surface area contributed by atoms with Crippen LogP contribution in [-0.4, -0.2) is 23.5 Å². The zero-order valence-electron chi connectivity index (χ0n) is 12.9. The number of nitrogens with one attached hydrogen (secondary N) is 1. The van der Waals surface area contributed by atoms with Crippen molar-refractivity contribution in [2.24, 2.45) is 4.99 Å². The SMILES string of the molecule is CCOc1cc(/C=C2/N=C(c3ccccc3)NC2=O)cc(Cl)c1O. The first-order valence-corrected chi connectivity index (χ1v) is 7.78. The van der Waals surface area contributed by atoms with E-state index in [-0.39, 0.29) is 28.1 Å². The molecule has 3 rings (SSSR count). The summed E-state index contributed by atoms with van der Waals surface area (Å²) in [7, 11) is 0. The molecule has 0 saturated carbocycles. The van der Waals surface area contributed by atoms with E-state index in [9.17, 15) is 9.90 Å². The normalized spacial score (nSPS) is 15.3. The highest BCUT2D eigenvalue weighted by Crippen LogP contribution is 2.36. The molecule has 24 heavy (non-hydrogen) atoms. The van der Waals surface area contributed by atoms with Crippen LogP contribution in [-0.2, 0) is 4.79 Å². The topological polar surface area (TPSA) is 70.9 Å². The molecule has 122 valence electrons. The van der Waals surface area contributed by atoms with Crippen LogP contribution >= 0.6 is 11.6 Å². The third kappa shape index (κ3) is 3.26. The van der Waals surface area contributed by atoms with E-state index in [0.717, 1.165) is 5.56 Å². The van der Waals surface area contributed by atoms with Crippen LogP contribution in [0.25, 0.3) is 6.08 Å². The summed E-state index contributed by atoms with van der Waals surface area (Å²) >= 11 is 6.01. The van der Waals surface area contributed by atoms with Crippen molar-refractivity contribution in [2.45, 2.75) is 6.92 Å². The highest BCUT2D eigenvalue weighted by molar-refractivity contribution is 6.32. The second kappa shape index (κ2) is 6.76. The number of phenols is 1. The van der Waals surface area contributed by atoms with Gasteiger partial charge in [-0.2, -0.15) is 0 Å². The Balaban J connectivity index is 1.96. The van der Waals surface area contributed by atoms with Gasteiger partial charge in [-0.05, 0) is 30.7 Å². The maximum Gasteiger partial charge on any atom is 0.275 e. The molecule has 5 nitrogen and oxygen atoms in total. The number of amides is 1. The van der Waals surface area contributed by atoms with E-state index >= 15 is 0 Å². The van der Waals surface area contributed by atoms with Gasteiger partial charge in [-0.15, -0.1) is 0 Å². The standard InChI is InChI=1S/C18H15ClN2O3/c1-2-24-15-10-11(8-13(19)16(15)22)9-14-18(23)21-17(20-14)12-6-4-3-5-7-12/h3-10,22H,2H2,1H3,(H,20,21,23)/b14-9+. The van der Waals surface area contributed by atoms with Crippen LogP contribution in [0.4, 0.5) is 0 Å². The molecule has 2 aromatic carbocycles. The van der Waals surface area contributed by atoms with E-state index < -0.39 is 0 Å². The molecule has 0 fully saturated rings. The van der Waals surface area contributed by atoms with Crippen molar-refractivity contribution < 1.29 is 14.6 Å². The monoisotopic (exact) mass is 342 g/mol. The fourth-order valence-corrected chi connectivity index (χ4v) is 2.52. The summed E-state index contributed by atoms with van der Waals surface area (Å²) in [6.07, 6.45) is 1.60. The zero-order chi connectivity index (χ0) is 17.1. The Kier molecular flexibility index (Phi) is 4.53. The van der Waals surface area contributed by atoms with E-state index in [1.807, 2.05) is 30.3 Å². The van der Waals surface area contributed by atoms with Gasteiger partial charge in [0.25, 0.3) is 5.91 Å².